The van der Waals surface area contributed by atoms with Crippen molar-refractivity contribution in [1.82, 2.24) is 52.9 Å². The van der Waals surface area contributed by atoms with E-state index in [9.17, 15) is 22.8 Å². The first kappa shape index (κ1) is 65.4. The third-order valence-corrected chi connectivity index (χ3v) is 18.6. The van der Waals surface area contributed by atoms with E-state index in [4.69, 9.17) is 29.2 Å². The maximum Gasteiger partial charge on any atom is 0.208 e. The van der Waals surface area contributed by atoms with Gasteiger partial charge in [0.15, 0.2) is 0 Å². The second-order valence-electron chi connectivity index (χ2n) is 25.9. The highest BCUT2D eigenvalue weighted by molar-refractivity contribution is 5.83. The topological polar surface area (TPSA) is 185 Å². The summed E-state index contributed by atoms with van der Waals surface area (Å²) in [5.74, 6) is 3.36. The first-order valence-electron chi connectivity index (χ1n) is 33.3. The van der Waals surface area contributed by atoms with Crippen LogP contribution in [0.1, 0.15) is 84.7 Å². The standard InChI is InChI=1S/C27H27F2N5O.C26H28FN5O.C24H20FN5O/c1-17-14-34-26(32-17)22(19-4-2-18(3-5-19)15-33-10-8-20(28)16-33)12-30-27(34)31-13-23-21-9-11-35-25(21)7-6-24(23)29;1-16-11-18(15-31(3)4)5-6-19(16)22-13-29-26(32-14-17(2)30-25(22)32)28-12-21-20-9-10-33-24(20)8-7-23(21)27;1-14-13-30-23(29-14)20(17-5-3-4-16(10-26)15(17)2)12-28-24(30)27-11-19-18-8-9-31-22(18)7-6-21(19)25/h2-7,12,14,20H,8-11,13,15-16H2,1H3,(H,30,31);5-8,11,13-14H,9-10,12,15H2,1-4H3,(H,28,29);3-7,12-13H,8-9,11H2,1-2H3,(H,27,28). The predicted octanol–water partition coefficient (Wildman–Crippen LogP) is 14.3. The van der Waals surface area contributed by atoms with E-state index in [1.807, 2.05) is 84.0 Å². The van der Waals surface area contributed by atoms with E-state index >= 15 is 0 Å². The largest absolute Gasteiger partial charge is 0.493 e. The van der Waals surface area contributed by atoms with Crippen LogP contribution < -0.4 is 30.2 Å². The highest BCUT2D eigenvalue weighted by Gasteiger charge is 2.26. The van der Waals surface area contributed by atoms with Crippen molar-refractivity contribution >= 4 is 34.8 Å². The number of hydrogen-bond donors (Lipinski definition) is 3. The Bertz CT molecular complexity index is 5100. The minimum Gasteiger partial charge on any atom is -0.493 e. The van der Waals surface area contributed by atoms with E-state index in [1.54, 1.807) is 30.5 Å². The Balaban J connectivity index is 0.000000127. The van der Waals surface area contributed by atoms with Crippen LogP contribution >= 0.6 is 0 Å². The molecule has 10 heterocycles. The highest BCUT2D eigenvalue weighted by Crippen LogP contribution is 2.37. The number of likely N-dealkylation sites (tertiary alicyclic amines) is 1. The molecule has 18 nitrogen and oxygen atoms in total. The van der Waals surface area contributed by atoms with Crippen molar-refractivity contribution in [3.05, 3.63) is 230 Å². The lowest BCUT2D eigenvalue weighted by Gasteiger charge is -2.15. The number of nitriles is 1. The second-order valence-corrected chi connectivity index (χ2v) is 25.9. The molecule has 1 unspecified atom stereocenters. The summed E-state index contributed by atoms with van der Waals surface area (Å²) in [6, 6.07) is 32.1. The van der Waals surface area contributed by atoms with Crippen molar-refractivity contribution in [3.8, 4) is 56.7 Å². The van der Waals surface area contributed by atoms with Gasteiger partial charge in [0, 0.05) is 152 Å². The summed E-state index contributed by atoms with van der Waals surface area (Å²) in [5, 5.41) is 19.3. The van der Waals surface area contributed by atoms with Crippen LogP contribution in [0.25, 0.3) is 50.3 Å². The molecule has 0 radical (unpaired) electrons. The average molecular weight is 1330 g/mol. The number of alkyl halides is 1. The molecule has 12 aromatic rings. The normalized spacial score (nSPS) is 14.4. The van der Waals surface area contributed by atoms with E-state index in [1.165, 1.54) is 29.3 Å². The number of rotatable bonds is 16. The van der Waals surface area contributed by atoms with Gasteiger partial charge in [0.05, 0.1) is 48.5 Å². The van der Waals surface area contributed by atoms with E-state index in [0.717, 1.165) is 139 Å². The fourth-order valence-electron chi connectivity index (χ4n) is 13.8. The molecule has 0 spiro atoms. The Kier molecular flexibility index (Phi) is 18.4. The molecular formula is C77H75F4N15O3. The molecule has 0 bridgehead atoms. The molecule has 4 aliphatic heterocycles. The molecule has 0 amide bonds. The molecule has 22 heteroatoms. The van der Waals surface area contributed by atoms with Gasteiger partial charge in [-0.2, -0.15) is 5.26 Å². The summed E-state index contributed by atoms with van der Waals surface area (Å²) in [7, 11) is 4.14. The fourth-order valence-corrected chi connectivity index (χ4v) is 13.8. The van der Waals surface area contributed by atoms with Crippen molar-refractivity contribution in [2.24, 2.45) is 0 Å². The van der Waals surface area contributed by atoms with E-state index < -0.39 is 6.17 Å². The van der Waals surface area contributed by atoms with Gasteiger partial charge in [0.2, 0.25) is 17.8 Å². The number of fused-ring (bicyclic) bond motifs is 6. The summed E-state index contributed by atoms with van der Waals surface area (Å²) >= 11 is 0. The van der Waals surface area contributed by atoms with E-state index in [2.05, 4.69) is 110 Å². The van der Waals surface area contributed by atoms with Crippen molar-refractivity contribution in [3.63, 3.8) is 0 Å². The molecule has 1 fully saturated rings. The lowest BCUT2D eigenvalue weighted by Crippen LogP contribution is -2.20. The number of ether oxygens (including phenoxy) is 3. The van der Waals surface area contributed by atoms with Crippen LogP contribution in [0.15, 0.2) is 134 Å². The first-order chi connectivity index (χ1) is 48.0. The van der Waals surface area contributed by atoms with Gasteiger partial charge in [-0.25, -0.2) is 47.5 Å². The van der Waals surface area contributed by atoms with E-state index in [-0.39, 0.29) is 17.5 Å². The SMILES string of the molecule is Cc1cn2c(NCc3c(F)ccc4c3CCO4)ncc(-c3ccc(CN(C)C)cc3C)c2n1.Cc1cn2c(NCc3c(F)ccc4c3CCO4)ncc(-c3ccc(CN4CCC(F)C4)cc3)c2n1.Cc1cn2c(NCc3c(F)ccc4c3CCO4)ncc(-c3cccc(C#N)c3C)c2n1. The van der Waals surface area contributed by atoms with Crippen LogP contribution in [0.2, 0.25) is 0 Å². The van der Waals surface area contributed by atoms with Gasteiger partial charge in [-0.15, -0.1) is 0 Å². The second kappa shape index (κ2) is 27.9. The number of halogens is 4. The van der Waals surface area contributed by atoms with Gasteiger partial charge >= 0.3 is 0 Å². The minimum absolute atomic E-state index is 0.227. The van der Waals surface area contributed by atoms with Crippen LogP contribution in [0.3, 0.4) is 0 Å². The Morgan fingerprint density at radius 3 is 1.44 bits per heavy atom. The van der Waals surface area contributed by atoms with E-state index in [0.29, 0.717) is 105 Å². The van der Waals surface area contributed by atoms with Gasteiger partial charge in [-0.1, -0.05) is 54.6 Å². The fraction of sp³-hybridized carbons (Fsp3) is 0.286. The number of nitrogens with zero attached hydrogens (tertiary/aromatic N) is 12. The third kappa shape index (κ3) is 13.5. The number of aryl methyl sites for hydroxylation is 4. The number of nitrogens with one attached hydrogen (secondary N) is 3. The molecular weight excluding hydrogens is 1260 g/mol. The lowest BCUT2D eigenvalue weighted by molar-refractivity contribution is 0.282. The molecule has 6 aromatic carbocycles. The van der Waals surface area contributed by atoms with Crippen LogP contribution in [-0.2, 0) is 52.0 Å². The predicted molar refractivity (Wildman–Crippen MR) is 375 cm³/mol. The third-order valence-electron chi connectivity index (χ3n) is 18.6. The van der Waals surface area contributed by atoms with Crippen LogP contribution in [0.4, 0.5) is 35.4 Å². The molecule has 1 atom stereocenters. The zero-order chi connectivity index (χ0) is 68.6. The van der Waals surface area contributed by atoms with Gasteiger partial charge in [-0.05, 0) is 137 Å². The Hall–Kier alpha value is -10.9. The van der Waals surface area contributed by atoms with Crippen LogP contribution in [0, 0.1) is 63.4 Å². The van der Waals surface area contributed by atoms with Crippen molar-refractivity contribution < 1.29 is 31.8 Å². The van der Waals surface area contributed by atoms with Crippen molar-refractivity contribution in [2.45, 2.75) is 99.2 Å². The molecule has 504 valence electrons. The minimum atomic E-state index is -0.711. The molecule has 4 aliphatic rings. The molecule has 3 N–H and O–H groups in total. The first-order valence-corrected chi connectivity index (χ1v) is 33.3. The highest BCUT2D eigenvalue weighted by atomic mass is 19.1. The molecule has 16 rings (SSSR count). The Labute approximate surface area is 571 Å². The zero-order valence-electron chi connectivity index (χ0n) is 56.3. The monoisotopic (exact) mass is 1330 g/mol. The van der Waals surface area contributed by atoms with Crippen molar-refractivity contribution in [2.75, 3.05) is 63.0 Å². The summed E-state index contributed by atoms with van der Waals surface area (Å²) in [6.07, 6.45) is 13.2. The van der Waals surface area contributed by atoms with Gasteiger partial charge in [0.25, 0.3) is 0 Å². The lowest BCUT2D eigenvalue weighted by atomic mass is 9.98. The number of anilines is 3. The molecule has 99 heavy (non-hydrogen) atoms. The summed E-state index contributed by atoms with van der Waals surface area (Å²) in [6.45, 7) is 15.5. The van der Waals surface area contributed by atoms with Gasteiger partial charge < -0.3 is 35.1 Å². The number of aromatic nitrogens is 9. The number of benzene rings is 6. The number of imidazole rings is 3. The van der Waals surface area contributed by atoms with Crippen LogP contribution in [-0.4, -0.2) is 106 Å². The van der Waals surface area contributed by atoms with Crippen molar-refractivity contribution in [1.29, 1.82) is 5.26 Å². The quantitative estimate of drug-likeness (QED) is 0.0776. The Morgan fingerprint density at radius 2 is 1.00 bits per heavy atom. The summed E-state index contributed by atoms with van der Waals surface area (Å²) < 4.78 is 79.6. The van der Waals surface area contributed by atoms with Gasteiger partial charge in [-0.3, -0.25) is 18.1 Å². The van der Waals surface area contributed by atoms with Crippen LogP contribution in [0.5, 0.6) is 17.2 Å². The summed E-state index contributed by atoms with van der Waals surface area (Å²) in [5.41, 5.74) is 20.4. The maximum absolute atomic E-state index is 14.6. The van der Waals surface area contributed by atoms with Gasteiger partial charge in [0.1, 0.15) is 57.8 Å². The average Bonchev–Trinajstić information content (AvgIpc) is 1.73. The smallest absolute Gasteiger partial charge is 0.208 e. The molecule has 0 aliphatic carbocycles. The number of hydrogen-bond acceptors (Lipinski definition) is 15. The molecule has 6 aromatic heterocycles. The zero-order valence-corrected chi connectivity index (χ0v) is 56.3. The summed E-state index contributed by atoms with van der Waals surface area (Å²) in [4.78, 5) is 32.5. The molecule has 0 saturated carbocycles. The maximum atomic E-state index is 14.6. The Morgan fingerprint density at radius 1 is 0.545 bits per heavy atom. The molecule has 1 saturated heterocycles.